The molecule has 0 saturated carbocycles. The summed E-state index contributed by atoms with van der Waals surface area (Å²) in [7, 11) is 0. The van der Waals surface area contributed by atoms with Crippen molar-refractivity contribution in [1.29, 1.82) is 0 Å². The number of nitrogen functional groups attached to an aromatic ring is 1. The number of anilines is 2. The maximum atomic E-state index is 14.2. The number of carbonyl (C=O) groups is 2. The number of fused-ring (bicyclic) bond motifs is 1. The van der Waals surface area contributed by atoms with Gasteiger partial charge in [0.15, 0.2) is 5.65 Å². The van der Waals surface area contributed by atoms with Crippen LogP contribution in [0.5, 0.6) is 0 Å². The van der Waals surface area contributed by atoms with Gasteiger partial charge in [-0.1, -0.05) is 0 Å². The zero-order chi connectivity index (χ0) is 30.3. The molecule has 4 heterocycles. The monoisotopic (exact) mass is 577 g/mol. The van der Waals surface area contributed by atoms with Gasteiger partial charge in [0, 0.05) is 42.5 Å². The summed E-state index contributed by atoms with van der Waals surface area (Å²) in [4.78, 5) is 39.4. The fraction of sp³-hybridized carbons (Fsp3) is 0.519. The largest absolute Gasteiger partial charge is 0.444 e. The average Bonchev–Trinajstić information content (AvgIpc) is 3.20. The number of likely N-dealkylation sites (tertiary alicyclic amines) is 1. The summed E-state index contributed by atoms with van der Waals surface area (Å²) in [6.45, 7) is 11.1. The molecule has 11 nitrogen and oxygen atoms in total. The van der Waals surface area contributed by atoms with E-state index in [0.29, 0.717) is 25.6 Å². The first-order valence-corrected chi connectivity index (χ1v) is 13.1. The lowest BCUT2D eigenvalue weighted by Crippen LogP contribution is -2.47. The van der Waals surface area contributed by atoms with Crippen LogP contribution in [0, 0.1) is 0 Å². The topological polar surface area (TPSA) is 137 Å². The van der Waals surface area contributed by atoms with Crippen LogP contribution >= 0.6 is 0 Å². The zero-order valence-electron chi connectivity index (χ0n) is 23.8. The second-order valence-corrected chi connectivity index (χ2v) is 11.9. The van der Waals surface area contributed by atoms with Gasteiger partial charge in [-0.25, -0.2) is 29.1 Å². The van der Waals surface area contributed by atoms with Crippen molar-refractivity contribution < 1.29 is 32.2 Å². The molecule has 0 radical (unpaired) electrons. The number of halogens is 3. The molecule has 1 saturated heterocycles. The van der Waals surface area contributed by atoms with Gasteiger partial charge in [0.25, 0.3) is 0 Å². The van der Waals surface area contributed by atoms with Crippen molar-refractivity contribution in [3.05, 3.63) is 30.1 Å². The van der Waals surface area contributed by atoms with Crippen LogP contribution in [0.2, 0.25) is 0 Å². The predicted octanol–water partition coefficient (Wildman–Crippen LogP) is 5.69. The quantitative estimate of drug-likeness (QED) is 0.402. The number of hydrogen-bond donors (Lipinski definition) is 2. The molecule has 0 aromatic carbocycles. The molecule has 0 aliphatic carbocycles. The highest BCUT2D eigenvalue weighted by Crippen LogP contribution is 2.39. The van der Waals surface area contributed by atoms with Gasteiger partial charge in [0.1, 0.15) is 22.6 Å². The van der Waals surface area contributed by atoms with Crippen molar-refractivity contribution >= 4 is 35.0 Å². The van der Waals surface area contributed by atoms with Crippen LogP contribution in [0.3, 0.4) is 0 Å². The fourth-order valence-electron chi connectivity index (χ4n) is 4.39. The number of alkyl halides is 3. The standard InChI is InChI=1S/C27H34F3N7O4/c1-25(2,3)40-23(38)36-11-7-8-15(13-36)33-22-32-12-18(27(28,29)30)20(35-22)17-14-37(24(39)41-26(4,5)6)21-16(17)9-10-19(31)34-21/h9-10,12,14-15H,7-8,11,13H2,1-6H3,(H2,31,34)(H,32,33,35). The van der Waals surface area contributed by atoms with Crippen molar-refractivity contribution in [2.45, 2.75) is 77.8 Å². The molecule has 1 fully saturated rings. The minimum atomic E-state index is -4.80. The molecule has 3 aromatic heterocycles. The minimum absolute atomic E-state index is 0.00448. The van der Waals surface area contributed by atoms with Crippen LogP contribution in [0.1, 0.15) is 59.9 Å². The first kappa shape index (κ1) is 29.9. The number of nitrogens with zero attached hydrogens (tertiary/aromatic N) is 5. The van der Waals surface area contributed by atoms with E-state index in [0.717, 1.165) is 4.57 Å². The van der Waals surface area contributed by atoms with Gasteiger partial charge in [-0.05, 0) is 66.5 Å². The van der Waals surface area contributed by atoms with Gasteiger partial charge in [0.05, 0.1) is 5.69 Å². The smallest absolute Gasteiger partial charge is 0.420 e. The number of amides is 1. The van der Waals surface area contributed by atoms with E-state index in [-0.39, 0.29) is 40.9 Å². The fourth-order valence-corrected chi connectivity index (χ4v) is 4.39. The highest BCUT2D eigenvalue weighted by Gasteiger charge is 2.37. The van der Waals surface area contributed by atoms with Crippen molar-refractivity contribution in [2.24, 2.45) is 0 Å². The van der Waals surface area contributed by atoms with Crippen molar-refractivity contribution in [1.82, 2.24) is 24.4 Å². The molecule has 3 N–H and O–H groups in total. The lowest BCUT2D eigenvalue weighted by molar-refractivity contribution is -0.137. The van der Waals surface area contributed by atoms with Crippen molar-refractivity contribution in [3.63, 3.8) is 0 Å². The number of nitrogens with one attached hydrogen (secondary N) is 1. The Morgan fingerprint density at radius 2 is 1.68 bits per heavy atom. The number of piperidine rings is 1. The van der Waals surface area contributed by atoms with Crippen LogP contribution in [-0.2, 0) is 15.7 Å². The molecule has 41 heavy (non-hydrogen) atoms. The Bertz CT molecular complexity index is 1460. The highest BCUT2D eigenvalue weighted by atomic mass is 19.4. The predicted molar refractivity (Wildman–Crippen MR) is 146 cm³/mol. The maximum Gasteiger partial charge on any atom is 0.420 e. The molecule has 1 unspecified atom stereocenters. The van der Waals surface area contributed by atoms with Crippen LogP contribution in [0.25, 0.3) is 22.3 Å². The van der Waals surface area contributed by atoms with Crippen LogP contribution < -0.4 is 11.1 Å². The molecule has 1 amide bonds. The molecule has 4 rings (SSSR count). The molecule has 3 aromatic rings. The van der Waals surface area contributed by atoms with Gasteiger partial charge in [-0.3, -0.25) is 0 Å². The first-order valence-electron chi connectivity index (χ1n) is 13.1. The highest BCUT2D eigenvalue weighted by molar-refractivity contribution is 5.99. The number of rotatable bonds is 3. The molecule has 222 valence electrons. The number of hydrogen-bond acceptors (Lipinski definition) is 9. The van der Waals surface area contributed by atoms with Crippen molar-refractivity contribution in [3.8, 4) is 11.3 Å². The third-order valence-electron chi connectivity index (χ3n) is 6.02. The Balaban J connectivity index is 1.73. The van der Waals surface area contributed by atoms with E-state index >= 15 is 0 Å². The maximum absolute atomic E-state index is 14.2. The van der Waals surface area contributed by atoms with Gasteiger partial charge < -0.3 is 25.4 Å². The number of pyridine rings is 1. The summed E-state index contributed by atoms with van der Waals surface area (Å²) in [5.74, 6) is 0.00509. The third-order valence-corrected chi connectivity index (χ3v) is 6.02. The van der Waals surface area contributed by atoms with Crippen LogP contribution in [-0.4, -0.2) is 66.9 Å². The number of aromatic nitrogens is 4. The van der Waals surface area contributed by atoms with E-state index in [2.05, 4.69) is 20.3 Å². The van der Waals surface area contributed by atoms with Crippen LogP contribution in [0.15, 0.2) is 24.5 Å². The van der Waals surface area contributed by atoms with E-state index in [4.69, 9.17) is 15.2 Å². The summed E-state index contributed by atoms with van der Waals surface area (Å²) in [5.41, 5.74) is 2.77. The Morgan fingerprint density at radius 1 is 1.02 bits per heavy atom. The van der Waals surface area contributed by atoms with Gasteiger partial charge >= 0.3 is 18.4 Å². The van der Waals surface area contributed by atoms with Gasteiger partial charge in [0.2, 0.25) is 5.95 Å². The van der Waals surface area contributed by atoms with E-state index in [1.54, 1.807) is 46.4 Å². The molecule has 0 bridgehead atoms. The summed E-state index contributed by atoms with van der Waals surface area (Å²) in [5, 5.41) is 3.28. The molecular weight excluding hydrogens is 543 g/mol. The number of nitrogens with two attached hydrogens (primary N) is 1. The second kappa shape index (κ2) is 10.7. The average molecular weight is 578 g/mol. The SMILES string of the molecule is CC(C)(C)OC(=O)N1CCCC(Nc2ncc(C(F)(F)F)c(-c3cn(C(=O)OC(C)(C)C)c4nc(N)ccc34)n2)C1. The van der Waals surface area contributed by atoms with E-state index in [1.807, 2.05) is 0 Å². The molecule has 1 aliphatic heterocycles. The second-order valence-electron chi connectivity index (χ2n) is 11.9. The zero-order valence-corrected chi connectivity index (χ0v) is 23.8. The summed E-state index contributed by atoms with van der Waals surface area (Å²) < 4.78 is 54.4. The van der Waals surface area contributed by atoms with Crippen LogP contribution in [0.4, 0.5) is 34.5 Å². The molecule has 14 heteroatoms. The third kappa shape index (κ3) is 7.16. The summed E-state index contributed by atoms with van der Waals surface area (Å²) in [6.07, 6.45) is -2.91. The van der Waals surface area contributed by atoms with E-state index in [9.17, 15) is 22.8 Å². The van der Waals surface area contributed by atoms with Crippen molar-refractivity contribution in [2.75, 3.05) is 24.1 Å². The van der Waals surface area contributed by atoms with E-state index in [1.165, 1.54) is 18.3 Å². The molecule has 1 aliphatic rings. The molecular formula is C27H34F3N7O4. The van der Waals surface area contributed by atoms with Gasteiger partial charge in [-0.15, -0.1) is 0 Å². The summed E-state index contributed by atoms with van der Waals surface area (Å²) in [6, 6.07) is 2.57. The Morgan fingerprint density at radius 3 is 2.32 bits per heavy atom. The first-order chi connectivity index (χ1) is 18.9. The Hall–Kier alpha value is -4.10. The van der Waals surface area contributed by atoms with E-state index < -0.39 is 40.8 Å². The number of ether oxygens (including phenoxy) is 2. The Kier molecular flexibility index (Phi) is 7.80. The Labute approximate surface area is 235 Å². The number of carbonyl (C=O) groups excluding carboxylic acids is 2. The minimum Gasteiger partial charge on any atom is -0.444 e. The molecule has 0 spiro atoms. The lowest BCUT2D eigenvalue weighted by Gasteiger charge is -2.34. The molecule has 1 atom stereocenters. The van der Waals surface area contributed by atoms with Gasteiger partial charge in [-0.2, -0.15) is 13.2 Å². The normalized spacial score (nSPS) is 16.5. The summed E-state index contributed by atoms with van der Waals surface area (Å²) >= 11 is 0. The lowest BCUT2D eigenvalue weighted by atomic mass is 10.1.